The van der Waals surface area contributed by atoms with Crippen molar-refractivity contribution in [2.24, 2.45) is 5.92 Å². The van der Waals surface area contributed by atoms with Gasteiger partial charge in [-0.15, -0.1) is 0 Å². The summed E-state index contributed by atoms with van der Waals surface area (Å²) in [6.45, 7) is 3.83. The number of benzene rings is 2. The molecule has 2 aromatic carbocycles. The molecule has 7 heteroatoms. The van der Waals surface area contributed by atoms with Crippen molar-refractivity contribution in [1.82, 2.24) is 10.2 Å². The van der Waals surface area contributed by atoms with E-state index in [4.69, 9.17) is 9.47 Å². The lowest BCUT2D eigenvalue weighted by molar-refractivity contribution is -0.121. The Hall–Kier alpha value is -3.22. The smallest absolute Gasteiger partial charge is 0.321 e. The van der Waals surface area contributed by atoms with Crippen molar-refractivity contribution < 1.29 is 19.1 Å². The lowest BCUT2D eigenvalue weighted by Crippen LogP contribution is -2.42. The van der Waals surface area contributed by atoms with Gasteiger partial charge in [0.2, 0.25) is 5.91 Å². The minimum absolute atomic E-state index is 0.0268. The largest absolute Gasteiger partial charge is 0.497 e. The first kappa shape index (κ1) is 23.4. The van der Waals surface area contributed by atoms with Crippen LogP contribution in [-0.2, 0) is 11.3 Å². The van der Waals surface area contributed by atoms with Crippen molar-refractivity contribution in [3.63, 3.8) is 0 Å². The van der Waals surface area contributed by atoms with E-state index in [0.717, 1.165) is 42.7 Å². The number of nitrogens with zero attached hydrogens (tertiary/aromatic N) is 1. The van der Waals surface area contributed by atoms with E-state index in [1.807, 2.05) is 54.3 Å². The zero-order chi connectivity index (χ0) is 22.9. The SMILES string of the molecule is COc1cccc(CNC(=O)CC[C@H]2CCCN(C(=O)Nc3cc(C)ccc3OC)C2)c1. The van der Waals surface area contributed by atoms with Gasteiger partial charge in [0.05, 0.1) is 19.9 Å². The third kappa shape index (κ3) is 6.64. The van der Waals surface area contributed by atoms with Crippen LogP contribution in [0.25, 0.3) is 0 Å². The predicted octanol–water partition coefficient (Wildman–Crippen LogP) is 4.35. The van der Waals surface area contributed by atoms with Crippen LogP contribution in [0.4, 0.5) is 10.5 Å². The van der Waals surface area contributed by atoms with Crippen LogP contribution in [0.3, 0.4) is 0 Å². The van der Waals surface area contributed by atoms with Gasteiger partial charge in [0, 0.05) is 26.1 Å². The molecule has 1 aliphatic heterocycles. The second-order valence-corrected chi connectivity index (χ2v) is 8.26. The topological polar surface area (TPSA) is 79.9 Å². The Kier molecular flexibility index (Phi) is 8.36. The van der Waals surface area contributed by atoms with Gasteiger partial charge in [-0.05, 0) is 67.5 Å². The zero-order valence-corrected chi connectivity index (χ0v) is 19.1. The zero-order valence-electron chi connectivity index (χ0n) is 19.1. The summed E-state index contributed by atoms with van der Waals surface area (Å²) < 4.78 is 10.6. The van der Waals surface area contributed by atoms with E-state index in [-0.39, 0.29) is 11.9 Å². The summed E-state index contributed by atoms with van der Waals surface area (Å²) in [4.78, 5) is 27.0. The number of nitrogens with one attached hydrogen (secondary N) is 2. The number of methoxy groups -OCH3 is 2. The maximum Gasteiger partial charge on any atom is 0.321 e. The summed E-state index contributed by atoms with van der Waals surface area (Å²) in [6.07, 6.45) is 3.19. The number of hydrogen-bond donors (Lipinski definition) is 2. The molecule has 32 heavy (non-hydrogen) atoms. The number of amides is 3. The van der Waals surface area contributed by atoms with Crippen LogP contribution in [0.1, 0.15) is 36.8 Å². The lowest BCUT2D eigenvalue weighted by atomic mass is 9.93. The first-order valence-corrected chi connectivity index (χ1v) is 11.1. The molecule has 0 saturated carbocycles. The molecule has 1 atom stereocenters. The molecule has 0 radical (unpaired) electrons. The van der Waals surface area contributed by atoms with Gasteiger partial charge in [-0.2, -0.15) is 0 Å². The lowest BCUT2D eigenvalue weighted by Gasteiger charge is -2.33. The Morgan fingerprint density at radius 1 is 1.12 bits per heavy atom. The molecular weight excluding hydrogens is 406 g/mol. The quantitative estimate of drug-likeness (QED) is 0.641. The normalized spacial score (nSPS) is 15.7. The van der Waals surface area contributed by atoms with Crippen LogP contribution in [-0.4, -0.2) is 44.1 Å². The highest BCUT2D eigenvalue weighted by atomic mass is 16.5. The molecule has 2 aromatic rings. The van der Waals surface area contributed by atoms with Crippen molar-refractivity contribution in [1.29, 1.82) is 0 Å². The van der Waals surface area contributed by atoms with E-state index in [1.165, 1.54) is 0 Å². The number of piperidine rings is 1. The Labute approximate surface area is 190 Å². The van der Waals surface area contributed by atoms with Crippen LogP contribution in [0.2, 0.25) is 0 Å². The van der Waals surface area contributed by atoms with Gasteiger partial charge >= 0.3 is 6.03 Å². The van der Waals surface area contributed by atoms with Crippen molar-refractivity contribution in [3.8, 4) is 11.5 Å². The Morgan fingerprint density at radius 3 is 2.75 bits per heavy atom. The third-order valence-corrected chi connectivity index (χ3v) is 5.81. The summed E-state index contributed by atoms with van der Waals surface area (Å²) in [5, 5.41) is 5.95. The molecular formula is C25H33N3O4. The molecule has 0 unspecified atom stereocenters. The fourth-order valence-corrected chi connectivity index (χ4v) is 4.01. The average Bonchev–Trinajstić information content (AvgIpc) is 2.82. The van der Waals surface area contributed by atoms with Crippen LogP contribution in [0.15, 0.2) is 42.5 Å². The van der Waals surface area contributed by atoms with Gasteiger partial charge in [-0.3, -0.25) is 4.79 Å². The monoisotopic (exact) mass is 439 g/mol. The molecule has 1 aliphatic rings. The maximum atomic E-state index is 12.8. The van der Waals surface area contributed by atoms with Crippen LogP contribution >= 0.6 is 0 Å². The van der Waals surface area contributed by atoms with Gasteiger partial charge in [0.15, 0.2) is 0 Å². The number of carbonyl (C=O) groups excluding carboxylic acids is 2. The number of anilines is 1. The summed E-state index contributed by atoms with van der Waals surface area (Å²) in [6, 6.07) is 13.3. The third-order valence-electron chi connectivity index (χ3n) is 5.81. The van der Waals surface area contributed by atoms with Gasteiger partial charge < -0.3 is 25.0 Å². The van der Waals surface area contributed by atoms with Crippen molar-refractivity contribution >= 4 is 17.6 Å². The van der Waals surface area contributed by atoms with Gasteiger partial charge in [0.1, 0.15) is 11.5 Å². The number of urea groups is 1. The Morgan fingerprint density at radius 2 is 1.97 bits per heavy atom. The molecule has 3 amide bonds. The first-order valence-electron chi connectivity index (χ1n) is 11.1. The Balaban J connectivity index is 1.45. The van der Waals surface area contributed by atoms with Crippen LogP contribution in [0.5, 0.6) is 11.5 Å². The molecule has 0 spiro atoms. The van der Waals surface area contributed by atoms with Gasteiger partial charge in [-0.25, -0.2) is 4.79 Å². The van der Waals surface area contributed by atoms with Gasteiger partial charge in [0.25, 0.3) is 0 Å². The number of carbonyl (C=O) groups is 2. The molecule has 1 fully saturated rings. The molecule has 0 bridgehead atoms. The van der Waals surface area contributed by atoms with Crippen molar-refractivity contribution in [3.05, 3.63) is 53.6 Å². The number of ether oxygens (including phenoxy) is 2. The number of rotatable bonds is 8. The molecule has 3 rings (SSSR count). The minimum Gasteiger partial charge on any atom is -0.497 e. The molecule has 2 N–H and O–H groups in total. The number of aryl methyl sites for hydroxylation is 1. The summed E-state index contributed by atoms with van der Waals surface area (Å²) in [5.74, 6) is 1.76. The predicted molar refractivity (Wildman–Crippen MR) is 125 cm³/mol. The molecule has 172 valence electrons. The Bertz CT molecular complexity index is 931. The molecule has 7 nitrogen and oxygen atoms in total. The van der Waals surface area contributed by atoms with Gasteiger partial charge in [-0.1, -0.05) is 18.2 Å². The van der Waals surface area contributed by atoms with Crippen LogP contribution in [0, 0.1) is 12.8 Å². The fourth-order valence-electron chi connectivity index (χ4n) is 4.01. The summed E-state index contributed by atoms with van der Waals surface area (Å²) >= 11 is 0. The standard InChI is InChI=1S/C25H33N3O4/c1-18-9-11-23(32-3)22(14-18)27-25(30)28-13-5-7-19(17-28)10-12-24(29)26-16-20-6-4-8-21(15-20)31-2/h4,6,8-9,11,14-15,19H,5,7,10,12-13,16-17H2,1-3H3,(H,26,29)(H,27,30)/t19-/m1/s1. The highest BCUT2D eigenvalue weighted by Crippen LogP contribution is 2.27. The first-order chi connectivity index (χ1) is 15.5. The van der Waals surface area contributed by atoms with E-state index in [9.17, 15) is 9.59 Å². The molecule has 0 aliphatic carbocycles. The van der Waals surface area contributed by atoms with Crippen molar-refractivity contribution in [2.75, 3.05) is 32.6 Å². The maximum absolute atomic E-state index is 12.8. The van der Waals surface area contributed by atoms with Crippen LogP contribution < -0.4 is 20.1 Å². The van der Waals surface area contributed by atoms with E-state index in [2.05, 4.69) is 10.6 Å². The second-order valence-electron chi connectivity index (χ2n) is 8.26. The highest BCUT2D eigenvalue weighted by molar-refractivity contribution is 5.91. The molecule has 1 saturated heterocycles. The molecule has 0 aromatic heterocycles. The highest BCUT2D eigenvalue weighted by Gasteiger charge is 2.24. The number of likely N-dealkylation sites (tertiary alicyclic amines) is 1. The summed E-state index contributed by atoms with van der Waals surface area (Å²) in [7, 11) is 3.22. The van der Waals surface area contributed by atoms with E-state index >= 15 is 0 Å². The number of hydrogen-bond acceptors (Lipinski definition) is 4. The van der Waals surface area contributed by atoms with E-state index in [0.29, 0.717) is 36.9 Å². The molecule has 1 heterocycles. The second kappa shape index (κ2) is 11.4. The minimum atomic E-state index is -0.124. The average molecular weight is 440 g/mol. The van der Waals surface area contributed by atoms with Crippen molar-refractivity contribution in [2.45, 2.75) is 39.2 Å². The summed E-state index contributed by atoms with van der Waals surface area (Å²) in [5.41, 5.74) is 2.74. The van der Waals surface area contributed by atoms with E-state index < -0.39 is 0 Å². The van der Waals surface area contributed by atoms with E-state index in [1.54, 1.807) is 14.2 Å². The fraction of sp³-hybridized carbons (Fsp3) is 0.440.